The van der Waals surface area contributed by atoms with Gasteiger partial charge in [0, 0.05) is 6.08 Å². The van der Waals surface area contributed by atoms with E-state index in [1.54, 1.807) is 18.2 Å². The van der Waals surface area contributed by atoms with Gasteiger partial charge in [0.2, 0.25) is 5.88 Å². The molecule has 5 nitrogen and oxygen atoms in total. The number of hydroxylamine groups is 1. The summed E-state index contributed by atoms with van der Waals surface area (Å²) in [6.07, 6.45) is 1.53. The minimum Gasteiger partial charge on any atom is -0.457 e. The molecule has 1 aliphatic rings. The molecule has 5 heteroatoms. The normalized spacial score (nSPS) is 15.4. The third-order valence-electron chi connectivity index (χ3n) is 4.00. The van der Waals surface area contributed by atoms with Crippen molar-refractivity contribution < 1.29 is 14.3 Å². The second-order valence-corrected chi connectivity index (χ2v) is 5.87. The number of rotatable bonds is 5. The fourth-order valence-electron chi connectivity index (χ4n) is 2.66. The molecule has 0 spiro atoms. The smallest absolute Gasteiger partial charge is 0.216 e. The Morgan fingerprint density at radius 1 is 0.815 bits per heavy atom. The maximum Gasteiger partial charge on any atom is 0.216 e. The van der Waals surface area contributed by atoms with Gasteiger partial charge in [-0.2, -0.15) is 5.26 Å². The molecule has 0 radical (unpaired) electrons. The zero-order chi connectivity index (χ0) is 18.5. The summed E-state index contributed by atoms with van der Waals surface area (Å²) in [6, 6.07) is 26.4. The Kier molecular flexibility index (Phi) is 4.73. The number of ether oxygens (including phenoxy) is 2. The molecule has 4 rings (SSSR count). The van der Waals surface area contributed by atoms with Crippen LogP contribution in [0.5, 0.6) is 17.2 Å². The Hall–Kier alpha value is -3.75. The molecule has 1 atom stereocenters. The van der Waals surface area contributed by atoms with Gasteiger partial charge in [0.15, 0.2) is 0 Å². The molecule has 3 aromatic carbocycles. The van der Waals surface area contributed by atoms with Gasteiger partial charge in [-0.3, -0.25) is 4.84 Å². The fourth-order valence-corrected chi connectivity index (χ4v) is 2.66. The summed E-state index contributed by atoms with van der Waals surface area (Å²) in [7, 11) is 0. The highest BCUT2D eigenvalue weighted by atomic mass is 16.7. The molecule has 0 saturated carbocycles. The van der Waals surface area contributed by atoms with Gasteiger partial charge in [0.1, 0.15) is 29.4 Å². The van der Waals surface area contributed by atoms with Gasteiger partial charge in [-0.25, -0.2) is 5.48 Å². The molecule has 0 saturated heterocycles. The fraction of sp³-hybridized carbons (Fsp3) is 0.0455. The Morgan fingerprint density at radius 3 is 2.30 bits per heavy atom. The van der Waals surface area contributed by atoms with Crippen LogP contribution in [0, 0.1) is 11.3 Å². The Balaban J connectivity index is 1.44. The van der Waals surface area contributed by atoms with E-state index >= 15 is 0 Å². The van der Waals surface area contributed by atoms with E-state index in [9.17, 15) is 0 Å². The summed E-state index contributed by atoms with van der Waals surface area (Å²) >= 11 is 0. The van der Waals surface area contributed by atoms with E-state index in [2.05, 4.69) is 11.5 Å². The zero-order valence-corrected chi connectivity index (χ0v) is 14.3. The van der Waals surface area contributed by atoms with E-state index in [0.29, 0.717) is 17.2 Å². The molecule has 132 valence electrons. The standard InChI is InChI=1S/C22H16N2O3/c23-15-17-6-4-5-9-20(17)26-22-14-21(27-24-22)16-10-12-19(13-11-16)25-18-7-2-1-3-8-18/h1-14,21,24H. The number of nitriles is 1. The third-order valence-corrected chi connectivity index (χ3v) is 4.00. The van der Waals surface area contributed by atoms with Crippen LogP contribution in [0.3, 0.4) is 0 Å². The predicted molar refractivity (Wildman–Crippen MR) is 99.8 cm³/mol. The highest BCUT2D eigenvalue weighted by Crippen LogP contribution is 2.29. The van der Waals surface area contributed by atoms with Gasteiger partial charge >= 0.3 is 0 Å². The van der Waals surface area contributed by atoms with Crippen molar-refractivity contribution in [3.8, 4) is 23.3 Å². The van der Waals surface area contributed by atoms with Gasteiger partial charge in [0.25, 0.3) is 0 Å². The Labute approximate surface area is 157 Å². The molecule has 0 bridgehead atoms. The molecular formula is C22H16N2O3. The van der Waals surface area contributed by atoms with Gasteiger partial charge in [-0.1, -0.05) is 42.5 Å². The van der Waals surface area contributed by atoms with Crippen molar-refractivity contribution >= 4 is 0 Å². The van der Waals surface area contributed by atoms with Crippen LogP contribution in [-0.2, 0) is 4.84 Å². The van der Waals surface area contributed by atoms with Crippen LogP contribution in [0.4, 0.5) is 0 Å². The minimum atomic E-state index is -0.292. The highest BCUT2D eigenvalue weighted by Gasteiger charge is 2.20. The number of para-hydroxylation sites is 2. The first-order valence-corrected chi connectivity index (χ1v) is 8.45. The maximum absolute atomic E-state index is 9.14. The van der Waals surface area contributed by atoms with E-state index in [4.69, 9.17) is 19.6 Å². The van der Waals surface area contributed by atoms with Crippen molar-refractivity contribution in [3.05, 3.63) is 102 Å². The van der Waals surface area contributed by atoms with Crippen molar-refractivity contribution in [1.29, 1.82) is 5.26 Å². The summed E-state index contributed by atoms with van der Waals surface area (Å²) in [5.74, 6) is 2.47. The van der Waals surface area contributed by atoms with Crippen LogP contribution < -0.4 is 15.0 Å². The number of nitrogens with zero attached hydrogens (tertiary/aromatic N) is 1. The maximum atomic E-state index is 9.14. The van der Waals surface area contributed by atoms with Crippen molar-refractivity contribution in [3.63, 3.8) is 0 Å². The van der Waals surface area contributed by atoms with Crippen LogP contribution >= 0.6 is 0 Å². The van der Waals surface area contributed by atoms with E-state index in [0.717, 1.165) is 17.1 Å². The summed E-state index contributed by atoms with van der Waals surface area (Å²) in [5, 5.41) is 9.14. The van der Waals surface area contributed by atoms with Gasteiger partial charge in [-0.05, 0) is 42.0 Å². The largest absolute Gasteiger partial charge is 0.457 e. The van der Waals surface area contributed by atoms with Crippen molar-refractivity contribution in [1.82, 2.24) is 5.48 Å². The average molecular weight is 356 g/mol. The topological polar surface area (TPSA) is 63.5 Å². The Morgan fingerprint density at radius 2 is 1.52 bits per heavy atom. The van der Waals surface area contributed by atoms with Crippen molar-refractivity contribution in [2.24, 2.45) is 0 Å². The Bertz CT molecular complexity index is 992. The van der Waals surface area contributed by atoms with Crippen LogP contribution in [-0.4, -0.2) is 0 Å². The first-order valence-electron chi connectivity index (χ1n) is 8.45. The SMILES string of the molecule is N#Cc1ccccc1OC1=CC(c2ccc(Oc3ccccc3)cc2)ON1. The van der Waals surface area contributed by atoms with E-state index < -0.39 is 0 Å². The molecule has 27 heavy (non-hydrogen) atoms. The van der Waals surface area contributed by atoms with Crippen molar-refractivity contribution in [2.45, 2.75) is 6.10 Å². The molecule has 1 unspecified atom stereocenters. The number of hydrogen-bond donors (Lipinski definition) is 1. The quantitative estimate of drug-likeness (QED) is 0.708. The molecule has 1 aliphatic heterocycles. The lowest BCUT2D eigenvalue weighted by molar-refractivity contribution is 0.0273. The van der Waals surface area contributed by atoms with E-state index in [1.807, 2.05) is 66.7 Å². The lowest BCUT2D eigenvalue weighted by Gasteiger charge is -2.09. The van der Waals surface area contributed by atoms with Crippen LogP contribution in [0.1, 0.15) is 17.2 Å². The summed E-state index contributed by atoms with van der Waals surface area (Å²) in [5.41, 5.74) is 4.18. The molecule has 0 aliphatic carbocycles. The molecule has 0 fully saturated rings. The van der Waals surface area contributed by atoms with Gasteiger partial charge in [0.05, 0.1) is 5.56 Å². The molecule has 1 N–H and O–H groups in total. The van der Waals surface area contributed by atoms with Gasteiger partial charge < -0.3 is 9.47 Å². The van der Waals surface area contributed by atoms with Crippen LogP contribution in [0.15, 0.2) is 90.8 Å². The predicted octanol–water partition coefficient (Wildman–Crippen LogP) is 4.85. The zero-order valence-electron chi connectivity index (χ0n) is 14.3. The first kappa shape index (κ1) is 16.7. The molecule has 0 amide bonds. The second-order valence-electron chi connectivity index (χ2n) is 5.87. The van der Waals surface area contributed by atoms with E-state index in [1.165, 1.54) is 0 Å². The monoisotopic (exact) mass is 356 g/mol. The third kappa shape index (κ3) is 3.92. The van der Waals surface area contributed by atoms with Crippen LogP contribution in [0.25, 0.3) is 0 Å². The summed E-state index contributed by atoms with van der Waals surface area (Å²) in [4.78, 5) is 5.56. The molecule has 0 aromatic heterocycles. The minimum absolute atomic E-state index is 0.292. The average Bonchev–Trinajstić information content (AvgIpc) is 3.18. The number of hydrogen-bond acceptors (Lipinski definition) is 5. The lowest BCUT2D eigenvalue weighted by Crippen LogP contribution is -2.12. The lowest BCUT2D eigenvalue weighted by atomic mass is 10.1. The number of nitrogens with one attached hydrogen (secondary N) is 1. The van der Waals surface area contributed by atoms with Crippen LogP contribution in [0.2, 0.25) is 0 Å². The molecule has 1 heterocycles. The van der Waals surface area contributed by atoms with Crippen molar-refractivity contribution in [2.75, 3.05) is 0 Å². The number of benzene rings is 3. The van der Waals surface area contributed by atoms with Gasteiger partial charge in [-0.15, -0.1) is 0 Å². The first-order chi connectivity index (χ1) is 13.3. The highest BCUT2D eigenvalue weighted by molar-refractivity contribution is 5.43. The van der Waals surface area contributed by atoms with E-state index in [-0.39, 0.29) is 6.10 Å². The second kappa shape index (κ2) is 7.65. The molecule has 3 aromatic rings. The molecular weight excluding hydrogens is 340 g/mol. The summed E-state index contributed by atoms with van der Waals surface area (Å²) in [6.45, 7) is 0. The summed E-state index contributed by atoms with van der Waals surface area (Å²) < 4.78 is 11.5.